The molecule has 2 aromatic rings. The van der Waals surface area contributed by atoms with Crippen LogP contribution in [0.2, 0.25) is 0 Å². The van der Waals surface area contributed by atoms with Crippen molar-refractivity contribution in [2.45, 2.75) is 33.2 Å². The largest absolute Gasteiger partial charge is 0.457 e. The van der Waals surface area contributed by atoms with Crippen molar-refractivity contribution in [3.63, 3.8) is 0 Å². The van der Waals surface area contributed by atoms with Gasteiger partial charge in [-0.3, -0.25) is 0 Å². The van der Waals surface area contributed by atoms with Crippen molar-refractivity contribution in [2.75, 3.05) is 0 Å². The Morgan fingerprint density at radius 2 is 1.75 bits per heavy atom. The van der Waals surface area contributed by atoms with E-state index in [1.807, 2.05) is 31.2 Å². The molecule has 0 bridgehead atoms. The summed E-state index contributed by atoms with van der Waals surface area (Å²) < 4.78 is 7.09. The zero-order valence-electron chi connectivity index (χ0n) is 12.1. The molecular formula is C17H20BrNO. The number of rotatable bonds is 4. The highest BCUT2D eigenvalue weighted by Gasteiger charge is 2.05. The van der Waals surface area contributed by atoms with E-state index in [4.69, 9.17) is 10.5 Å². The maximum atomic E-state index is 5.96. The lowest BCUT2D eigenvalue weighted by atomic mass is 10.1. The minimum Gasteiger partial charge on any atom is -0.457 e. The number of halogens is 1. The van der Waals surface area contributed by atoms with Crippen molar-refractivity contribution < 1.29 is 4.74 Å². The van der Waals surface area contributed by atoms with Gasteiger partial charge in [0.25, 0.3) is 0 Å². The van der Waals surface area contributed by atoms with Crippen LogP contribution in [-0.2, 0) is 6.42 Å². The first kappa shape index (κ1) is 15.1. The van der Waals surface area contributed by atoms with Crippen LogP contribution < -0.4 is 10.5 Å². The molecule has 106 valence electrons. The maximum absolute atomic E-state index is 5.96. The van der Waals surface area contributed by atoms with Crippen LogP contribution in [0, 0.1) is 13.8 Å². The predicted octanol–water partition coefficient (Wildman–Crippen LogP) is 4.75. The number of ether oxygens (including phenoxy) is 1. The summed E-state index contributed by atoms with van der Waals surface area (Å²) in [7, 11) is 0. The first-order valence-corrected chi connectivity index (χ1v) is 7.54. The van der Waals surface area contributed by atoms with Crippen molar-refractivity contribution in [3.8, 4) is 11.5 Å². The second-order valence-electron chi connectivity index (χ2n) is 5.30. The topological polar surface area (TPSA) is 35.2 Å². The first-order valence-electron chi connectivity index (χ1n) is 6.75. The van der Waals surface area contributed by atoms with Crippen LogP contribution in [-0.4, -0.2) is 6.04 Å². The van der Waals surface area contributed by atoms with Gasteiger partial charge in [0.15, 0.2) is 0 Å². The number of hydrogen-bond donors (Lipinski definition) is 1. The Labute approximate surface area is 129 Å². The smallest absolute Gasteiger partial charge is 0.128 e. The van der Waals surface area contributed by atoms with E-state index in [1.165, 1.54) is 16.7 Å². The molecule has 2 N–H and O–H groups in total. The van der Waals surface area contributed by atoms with Gasteiger partial charge in [0.2, 0.25) is 0 Å². The van der Waals surface area contributed by atoms with E-state index in [-0.39, 0.29) is 6.04 Å². The molecule has 0 fully saturated rings. The van der Waals surface area contributed by atoms with Crippen LogP contribution >= 0.6 is 15.9 Å². The summed E-state index contributed by atoms with van der Waals surface area (Å²) in [6, 6.07) is 12.3. The van der Waals surface area contributed by atoms with E-state index < -0.39 is 0 Å². The summed E-state index contributed by atoms with van der Waals surface area (Å²) in [5.41, 5.74) is 9.38. The lowest BCUT2D eigenvalue weighted by molar-refractivity contribution is 0.480. The summed E-state index contributed by atoms with van der Waals surface area (Å²) >= 11 is 3.57. The number of aryl methyl sites for hydroxylation is 2. The Balaban J connectivity index is 2.22. The van der Waals surface area contributed by atoms with Crippen LogP contribution in [0.5, 0.6) is 11.5 Å². The molecule has 0 heterocycles. The Hall–Kier alpha value is -1.32. The molecule has 2 rings (SSSR count). The Kier molecular flexibility index (Phi) is 4.84. The van der Waals surface area contributed by atoms with Gasteiger partial charge in [0.05, 0.1) is 0 Å². The van der Waals surface area contributed by atoms with Gasteiger partial charge in [-0.15, -0.1) is 0 Å². The van der Waals surface area contributed by atoms with Crippen molar-refractivity contribution in [1.29, 1.82) is 0 Å². The van der Waals surface area contributed by atoms with Gasteiger partial charge in [-0.25, -0.2) is 0 Å². The van der Waals surface area contributed by atoms with Gasteiger partial charge in [-0.1, -0.05) is 28.1 Å². The van der Waals surface area contributed by atoms with Gasteiger partial charge in [-0.05, 0) is 68.1 Å². The molecule has 2 nitrogen and oxygen atoms in total. The Morgan fingerprint density at radius 3 is 2.35 bits per heavy atom. The molecule has 0 aliphatic heterocycles. The molecule has 0 aliphatic carbocycles. The van der Waals surface area contributed by atoms with E-state index >= 15 is 0 Å². The van der Waals surface area contributed by atoms with Crippen LogP contribution in [0.1, 0.15) is 23.6 Å². The zero-order valence-corrected chi connectivity index (χ0v) is 13.7. The molecule has 0 aliphatic rings. The van der Waals surface area contributed by atoms with Crippen molar-refractivity contribution in [1.82, 2.24) is 0 Å². The normalized spacial score (nSPS) is 12.2. The SMILES string of the molecule is Cc1cc(Oc2cccc(CC(C)N)c2)cc(C)c1Br. The minimum absolute atomic E-state index is 0.155. The van der Waals surface area contributed by atoms with Crippen LogP contribution in [0.4, 0.5) is 0 Å². The first-order chi connectivity index (χ1) is 9.45. The standard InChI is InChI=1S/C17H20BrNO/c1-11-7-16(8-12(2)17(11)18)20-15-6-4-5-14(10-15)9-13(3)19/h4-8,10,13H,9,19H2,1-3H3. The quantitative estimate of drug-likeness (QED) is 0.876. The molecule has 3 heteroatoms. The highest BCUT2D eigenvalue weighted by atomic mass is 79.9. The fourth-order valence-corrected chi connectivity index (χ4v) is 2.44. The van der Waals surface area contributed by atoms with Crippen molar-refractivity contribution in [3.05, 3.63) is 57.6 Å². The third-order valence-corrected chi connectivity index (χ3v) is 4.35. The third-order valence-electron chi connectivity index (χ3n) is 3.10. The van der Waals surface area contributed by atoms with Crippen LogP contribution in [0.3, 0.4) is 0 Å². The fourth-order valence-electron chi connectivity index (χ4n) is 2.21. The van der Waals surface area contributed by atoms with Gasteiger partial charge in [0, 0.05) is 10.5 Å². The van der Waals surface area contributed by atoms with E-state index in [2.05, 4.69) is 41.9 Å². The molecule has 1 atom stereocenters. The van der Waals surface area contributed by atoms with E-state index in [1.54, 1.807) is 0 Å². The second-order valence-corrected chi connectivity index (χ2v) is 6.09. The molecule has 0 radical (unpaired) electrons. The molecule has 0 spiro atoms. The second kappa shape index (κ2) is 6.42. The van der Waals surface area contributed by atoms with E-state index in [0.29, 0.717) is 0 Å². The molecule has 0 amide bonds. The van der Waals surface area contributed by atoms with Gasteiger partial charge in [0.1, 0.15) is 11.5 Å². The maximum Gasteiger partial charge on any atom is 0.128 e. The average molecular weight is 334 g/mol. The summed E-state index contributed by atoms with van der Waals surface area (Å²) in [6.45, 7) is 6.14. The average Bonchev–Trinajstić information content (AvgIpc) is 2.35. The summed E-state index contributed by atoms with van der Waals surface area (Å²) in [5.74, 6) is 1.71. The van der Waals surface area contributed by atoms with Crippen molar-refractivity contribution >= 4 is 15.9 Å². The zero-order chi connectivity index (χ0) is 14.7. The predicted molar refractivity (Wildman–Crippen MR) is 87.5 cm³/mol. The van der Waals surface area contributed by atoms with Gasteiger partial charge in [-0.2, -0.15) is 0 Å². The molecule has 20 heavy (non-hydrogen) atoms. The fraction of sp³-hybridized carbons (Fsp3) is 0.294. The van der Waals surface area contributed by atoms with Gasteiger partial charge >= 0.3 is 0 Å². The Morgan fingerprint density at radius 1 is 1.10 bits per heavy atom. The lowest BCUT2D eigenvalue weighted by Crippen LogP contribution is -2.17. The minimum atomic E-state index is 0.155. The molecule has 0 aromatic heterocycles. The lowest BCUT2D eigenvalue weighted by Gasteiger charge is -2.11. The molecule has 0 saturated carbocycles. The highest BCUT2D eigenvalue weighted by Crippen LogP contribution is 2.29. The highest BCUT2D eigenvalue weighted by molar-refractivity contribution is 9.10. The van der Waals surface area contributed by atoms with E-state index in [0.717, 1.165) is 22.4 Å². The molecule has 0 saturated heterocycles. The Bertz CT molecular complexity index is 585. The van der Waals surface area contributed by atoms with Crippen LogP contribution in [0.25, 0.3) is 0 Å². The molecular weight excluding hydrogens is 314 g/mol. The molecule has 1 unspecified atom stereocenters. The molecule has 2 aromatic carbocycles. The van der Waals surface area contributed by atoms with Crippen molar-refractivity contribution in [2.24, 2.45) is 5.73 Å². The summed E-state index contributed by atoms with van der Waals surface area (Å²) in [5, 5.41) is 0. The van der Waals surface area contributed by atoms with E-state index in [9.17, 15) is 0 Å². The number of nitrogens with two attached hydrogens (primary N) is 1. The number of hydrogen-bond acceptors (Lipinski definition) is 2. The summed E-state index contributed by atoms with van der Waals surface area (Å²) in [6.07, 6.45) is 0.857. The third kappa shape index (κ3) is 3.84. The summed E-state index contributed by atoms with van der Waals surface area (Å²) in [4.78, 5) is 0. The monoisotopic (exact) mass is 333 g/mol. The van der Waals surface area contributed by atoms with Gasteiger partial charge < -0.3 is 10.5 Å². The number of benzene rings is 2. The van der Waals surface area contributed by atoms with Crippen LogP contribution in [0.15, 0.2) is 40.9 Å².